The highest BCUT2D eigenvalue weighted by molar-refractivity contribution is 5.81. The van der Waals surface area contributed by atoms with Gasteiger partial charge in [-0.1, -0.05) is 0 Å². The monoisotopic (exact) mass is 293 g/mol. The normalized spacial score (nSPS) is 18.4. The molecule has 1 aromatic rings. The van der Waals surface area contributed by atoms with E-state index in [1.54, 1.807) is 24.8 Å². The van der Waals surface area contributed by atoms with Crippen LogP contribution in [-0.2, 0) is 9.53 Å². The number of carbonyl (C=O) groups excluding carboxylic acids is 1. The maximum Gasteiger partial charge on any atom is 0.328 e. The van der Waals surface area contributed by atoms with Gasteiger partial charge in [-0.05, 0) is 39.2 Å². The highest BCUT2D eigenvalue weighted by atomic mass is 16.6. The van der Waals surface area contributed by atoms with Crippen LogP contribution in [0.15, 0.2) is 12.1 Å². The number of esters is 1. The maximum atomic E-state index is 12.1. The van der Waals surface area contributed by atoms with E-state index in [1.165, 1.54) is 6.07 Å². The first-order valence-corrected chi connectivity index (χ1v) is 7.10. The number of piperidine rings is 1. The minimum Gasteiger partial charge on any atom is -0.464 e. The van der Waals surface area contributed by atoms with Crippen LogP contribution in [0.3, 0.4) is 0 Å². The number of aromatic nitrogens is 1. The van der Waals surface area contributed by atoms with Crippen molar-refractivity contribution in [1.29, 1.82) is 0 Å². The van der Waals surface area contributed by atoms with Gasteiger partial charge in [0.1, 0.15) is 6.04 Å². The molecule has 7 nitrogen and oxygen atoms in total. The molecule has 1 aliphatic rings. The molecule has 2 rings (SSSR count). The van der Waals surface area contributed by atoms with Crippen molar-refractivity contribution in [2.24, 2.45) is 0 Å². The van der Waals surface area contributed by atoms with E-state index in [-0.39, 0.29) is 17.5 Å². The first-order chi connectivity index (χ1) is 10.0. The van der Waals surface area contributed by atoms with Crippen molar-refractivity contribution in [1.82, 2.24) is 4.98 Å². The number of nitrogens with zero attached hydrogens (tertiary/aromatic N) is 3. The molecular formula is C14H19N3O4. The Labute approximate surface area is 123 Å². The molecule has 0 aromatic carbocycles. The number of anilines is 1. The number of ether oxygens (including phenoxy) is 1. The Balaban J connectivity index is 2.39. The van der Waals surface area contributed by atoms with Crippen LogP contribution < -0.4 is 4.90 Å². The van der Waals surface area contributed by atoms with Gasteiger partial charge < -0.3 is 9.64 Å². The second kappa shape index (κ2) is 6.51. The number of hydrogen-bond acceptors (Lipinski definition) is 6. The standard InChI is InChI=1S/C14H19N3O4/c1-3-21-14(18)12-6-4-5-9-16(12)13-11(17(19)20)8-7-10(2)15-13/h7-8,12H,3-6,9H2,1-2H3. The molecule has 0 bridgehead atoms. The molecule has 1 saturated heterocycles. The highest BCUT2D eigenvalue weighted by Crippen LogP contribution is 2.31. The molecule has 1 atom stereocenters. The van der Waals surface area contributed by atoms with E-state index in [4.69, 9.17) is 4.74 Å². The summed E-state index contributed by atoms with van der Waals surface area (Å²) in [5.74, 6) is -0.0763. The van der Waals surface area contributed by atoms with Crippen molar-refractivity contribution < 1.29 is 14.5 Å². The Hall–Kier alpha value is -2.18. The lowest BCUT2D eigenvalue weighted by molar-refractivity contribution is -0.384. The van der Waals surface area contributed by atoms with Gasteiger partial charge in [-0.3, -0.25) is 10.1 Å². The lowest BCUT2D eigenvalue weighted by Gasteiger charge is -2.34. The molecule has 7 heteroatoms. The average molecular weight is 293 g/mol. The fraction of sp³-hybridized carbons (Fsp3) is 0.571. The van der Waals surface area contributed by atoms with Crippen molar-refractivity contribution in [3.05, 3.63) is 27.9 Å². The zero-order valence-electron chi connectivity index (χ0n) is 12.2. The van der Waals surface area contributed by atoms with Crippen molar-refractivity contribution in [2.75, 3.05) is 18.1 Å². The molecule has 0 amide bonds. The quantitative estimate of drug-likeness (QED) is 0.480. The zero-order chi connectivity index (χ0) is 15.4. The fourth-order valence-corrected chi connectivity index (χ4v) is 2.56. The Morgan fingerprint density at radius 1 is 1.52 bits per heavy atom. The van der Waals surface area contributed by atoms with Crippen LogP contribution in [0.1, 0.15) is 31.9 Å². The topological polar surface area (TPSA) is 85.6 Å². The van der Waals surface area contributed by atoms with Crippen LogP contribution in [-0.4, -0.2) is 35.1 Å². The van der Waals surface area contributed by atoms with E-state index < -0.39 is 11.0 Å². The summed E-state index contributed by atoms with van der Waals surface area (Å²) in [7, 11) is 0. The first-order valence-electron chi connectivity index (χ1n) is 7.10. The summed E-state index contributed by atoms with van der Waals surface area (Å²) in [5, 5.41) is 11.2. The van der Waals surface area contributed by atoms with Gasteiger partial charge in [0.15, 0.2) is 0 Å². The van der Waals surface area contributed by atoms with Crippen LogP contribution in [0.4, 0.5) is 11.5 Å². The van der Waals surface area contributed by atoms with Crippen molar-refractivity contribution >= 4 is 17.5 Å². The SMILES string of the molecule is CCOC(=O)C1CCCCN1c1nc(C)ccc1[N+](=O)[O-]. The molecule has 0 aliphatic carbocycles. The molecular weight excluding hydrogens is 274 g/mol. The second-order valence-electron chi connectivity index (χ2n) is 5.01. The summed E-state index contributed by atoms with van der Waals surface area (Å²) in [6.07, 6.45) is 2.41. The fourth-order valence-electron chi connectivity index (χ4n) is 2.56. The largest absolute Gasteiger partial charge is 0.464 e. The summed E-state index contributed by atoms with van der Waals surface area (Å²) in [6, 6.07) is 2.55. The Kier molecular flexibility index (Phi) is 4.72. The number of hydrogen-bond donors (Lipinski definition) is 0. The molecule has 21 heavy (non-hydrogen) atoms. The Morgan fingerprint density at radius 3 is 2.95 bits per heavy atom. The number of aryl methyl sites for hydroxylation is 1. The third-order valence-electron chi connectivity index (χ3n) is 3.52. The van der Waals surface area contributed by atoms with E-state index >= 15 is 0 Å². The van der Waals surface area contributed by atoms with Crippen LogP contribution in [0.25, 0.3) is 0 Å². The van der Waals surface area contributed by atoms with Gasteiger partial charge in [0.25, 0.3) is 0 Å². The van der Waals surface area contributed by atoms with Crippen LogP contribution in [0.2, 0.25) is 0 Å². The van der Waals surface area contributed by atoms with E-state index in [1.807, 2.05) is 0 Å². The minimum atomic E-state index is -0.494. The lowest BCUT2D eigenvalue weighted by Crippen LogP contribution is -2.46. The van der Waals surface area contributed by atoms with Gasteiger partial charge in [0.05, 0.1) is 11.5 Å². The molecule has 2 heterocycles. The van der Waals surface area contributed by atoms with Crippen molar-refractivity contribution in [2.45, 2.75) is 39.2 Å². The number of rotatable bonds is 4. The van der Waals surface area contributed by atoms with Crippen molar-refractivity contribution in [3.8, 4) is 0 Å². The van der Waals surface area contributed by atoms with Gasteiger partial charge in [-0.15, -0.1) is 0 Å². The Bertz CT molecular complexity index is 547. The van der Waals surface area contributed by atoms with E-state index in [0.29, 0.717) is 25.3 Å². The van der Waals surface area contributed by atoms with E-state index in [2.05, 4.69) is 4.98 Å². The van der Waals surface area contributed by atoms with Crippen LogP contribution in [0, 0.1) is 17.0 Å². The van der Waals surface area contributed by atoms with Crippen molar-refractivity contribution in [3.63, 3.8) is 0 Å². The van der Waals surface area contributed by atoms with E-state index in [9.17, 15) is 14.9 Å². The molecule has 114 valence electrons. The van der Waals surface area contributed by atoms with Gasteiger partial charge in [0, 0.05) is 18.3 Å². The van der Waals surface area contributed by atoms with Gasteiger partial charge in [0.2, 0.25) is 5.82 Å². The second-order valence-corrected chi connectivity index (χ2v) is 5.01. The molecule has 0 radical (unpaired) electrons. The zero-order valence-corrected chi connectivity index (χ0v) is 12.2. The average Bonchev–Trinajstić information content (AvgIpc) is 2.47. The number of pyridine rings is 1. The Morgan fingerprint density at radius 2 is 2.29 bits per heavy atom. The summed E-state index contributed by atoms with van der Waals surface area (Å²) in [5.41, 5.74) is 0.612. The number of nitro groups is 1. The van der Waals surface area contributed by atoms with Gasteiger partial charge >= 0.3 is 11.7 Å². The van der Waals surface area contributed by atoms with Crippen LogP contribution in [0.5, 0.6) is 0 Å². The molecule has 0 saturated carbocycles. The third kappa shape index (κ3) is 3.29. The summed E-state index contributed by atoms with van der Waals surface area (Å²) < 4.78 is 5.09. The predicted octanol–water partition coefficient (Wildman–Crippen LogP) is 2.22. The highest BCUT2D eigenvalue weighted by Gasteiger charge is 2.34. The molecule has 0 spiro atoms. The molecule has 0 N–H and O–H groups in total. The summed E-state index contributed by atoms with van der Waals surface area (Å²) in [4.78, 5) is 28.8. The van der Waals surface area contributed by atoms with Gasteiger partial charge in [-0.2, -0.15) is 0 Å². The summed E-state index contributed by atoms with van der Waals surface area (Å²) in [6.45, 7) is 4.39. The van der Waals surface area contributed by atoms with Gasteiger partial charge in [-0.25, -0.2) is 9.78 Å². The smallest absolute Gasteiger partial charge is 0.328 e. The lowest BCUT2D eigenvalue weighted by atomic mass is 10.0. The number of carbonyl (C=O) groups is 1. The first kappa shape index (κ1) is 15.2. The van der Waals surface area contributed by atoms with E-state index in [0.717, 1.165) is 12.8 Å². The minimum absolute atomic E-state index is 0.0724. The molecule has 1 fully saturated rings. The third-order valence-corrected chi connectivity index (χ3v) is 3.52. The summed E-state index contributed by atoms with van der Waals surface area (Å²) >= 11 is 0. The molecule has 1 aromatic heterocycles. The molecule has 1 aliphatic heterocycles. The maximum absolute atomic E-state index is 12.1. The van der Waals surface area contributed by atoms with Crippen LogP contribution >= 0.6 is 0 Å². The molecule has 1 unspecified atom stereocenters. The predicted molar refractivity (Wildman–Crippen MR) is 77.2 cm³/mol.